The average Bonchev–Trinajstić information content (AvgIpc) is 2.61. The molecule has 25 heavy (non-hydrogen) atoms. The van der Waals surface area contributed by atoms with Gasteiger partial charge in [-0.25, -0.2) is 0 Å². The molecule has 1 amide bonds. The number of pyridine rings is 1. The third-order valence-electron chi connectivity index (χ3n) is 3.61. The molecule has 0 aliphatic carbocycles. The van der Waals surface area contributed by atoms with E-state index in [0.29, 0.717) is 24.3 Å². The summed E-state index contributed by atoms with van der Waals surface area (Å²) in [5.74, 6) is 0.0749. The van der Waals surface area contributed by atoms with Crippen LogP contribution in [0.1, 0.15) is 24.1 Å². The first-order valence-electron chi connectivity index (χ1n) is 8.16. The molecule has 0 bridgehead atoms. The Labute approximate surface area is 151 Å². The van der Waals surface area contributed by atoms with Gasteiger partial charge in [0.1, 0.15) is 0 Å². The summed E-state index contributed by atoms with van der Waals surface area (Å²) in [5, 5.41) is 11.9. The van der Waals surface area contributed by atoms with E-state index in [2.05, 4.69) is 10.3 Å². The Bertz CT molecular complexity index is 665. The first-order chi connectivity index (χ1) is 12.1. The predicted molar refractivity (Wildman–Crippen MR) is 99.3 cm³/mol. The van der Waals surface area contributed by atoms with Crippen LogP contribution in [0.15, 0.2) is 54.7 Å². The van der Waals surface area contributed by atoms with Crippen LogP contribution in [0, 0.1) is 0 Å². The molecule has 0 saturated carbocycles. The predicted octanol–water partition coefficient (Wildman–Crippen LogP) is 2.91. The number of hydrogen-bond donors (Lipinski definition) is 2. The van der Waals surface area contributed by atoms with Crippen molar-refractivity contribution >= 4 is 23.6 Å². The maximum atomic E-state index is 12.2. The third-order valence-corrected chi connectivity index (χ3v) is 4.57. The second-order valence-electron chi connectivity index (χ2n) is 5.70. The zero-order valence-corrected chi connectivity index (χ0v) is 14.7. The number of aromatic nitrogens is 1. The second-order valence-corrected chi connectivity index (χ2v) is 6.69. The van der Waals surface area contributed by atoms with Crippen molar-refractivity contribution < 1.29 is 14.7 Å². The lowest BCUT2D eigenvalue weighted by atomic mass is 10.0. The number of benzene rings is 1. The number of hydrogen-bond acceptors (Lipinski definition) is 4. The van der Waals surface area contributed by atoms with Crippen LogP contribution in [0.25, 0.3) is 0 Å². The van der Waals surface area contributed by atoms with Gasteiger partial charge in [-0.3, -0.25) is 14.6 Å². The molecule has 0 aliphatic heterocycles. The summed E-state index contributed by atoms with van der Waals surface area (Å²) in [4.78, 5) is 27.2. The van der Waals surface area contributed by atoms with Gasteiger partial charge in [-0.05, 0) is 30.5 Å². The number of nitrogens with zero attached hydrogens (tertiary/aromatic N) is 1. The van der Waals surface area contributed by atoms with Gasteiger partial charge in [0, 0.05) is 24.4 Å². The molecule has 0 spiro atoms. The van der Waals surface area contributed by atoms with E-state index in [1.165, 1.54) is 11.8 Å². The molecule has 0 fully saturated rings. The molecular formula is C19H22N2O3S. The van der Waals surface area contributed by atoms with E-state index in [0.717, 1.165) is 11.3 Å². The minimum atomic E-state index is -0.850. The van der Waals surface area contributed by atoms with Crippen LogP contribution in [0.3, 0.4) is 0 Å². The average molecular weight is 358 g/mol. The van der Waals surface area contributed by atoms with E-state index in [1.54, 1.807) is 6.20 Å². The third kappa shape index (κ3) is 7.85. The number of carboxylic acids is 1. The second kappa shape index (κ2) is 10.5. The highest BCUT2D eigenvalue weighted by molar-refractivity contribution is 7.99. The van der Waals surface area contributed by atoms with Crippen LogP contribution in [0.4, 0.5) is 0 Å². The summed E-state index contributed by atoms with van der Waals surface area (Å²) >= 11 is 1.50. The fraction of sp³-hybridized carbons (Fsp3) is 0.316. The van der Waals surface area contributed by atoms with E-state index in [1.807, 2.05) is 48.5 Å². The maximum absolute atomic E-state index is 12.2. The van der Waals surface area contributed by atoms with E-state index >= 15 is 0 Å². The molecule has 2 rings (SSSR count). The first kappa shape index (κ1) is 19.0. The highest BCUT2D eigenvalue weighted by Gasteiger charge is 2.15. The quantitative estimate of drug-likeness (QED) is 0.683. The van der Waals surface area contributed by atoms with Gasteiger partial charge in [-0.1, -0.05) is 36.4 Å². The Kier molecular flexibility index (Phi) is 7.98. The van der Waals surface area contributed by atoms with Crippen molar-refractivity contribution in [2.45, 2.75) is 31.1 Å². The Morgan fingerprint density at radius 3 is 2.56 bits per heavy atom. The molecule has 6 heteroatoms. The van der Waals surface area contributed by atoms with Gasteiger partial charge in [0.25, 0.3) is 0 Å². The Morgan fingerprint density at radius 2 is 1.88 bits per heavy atom. The summed E-state index contributed by atoms with van der Waals surface area (Å²) in [7, 11) is 0. The number of rotatable bonds is 10. The molecule has 1 atom stereocenters. The Hall–Kier alpha value is -2.34. The maximum Gasteiger partial charge on any atom is 0.303 e. The van der Waals surface area contributed by atoms with Crippen molar-refractivity contribution in [3.05, 3.63) is 66.0 Å². The van der Waals surface area contributed by atoms with Crippen molar-refractivity contribution in [3.63, 3.8) is 0 Å². The topological polar surface area (TPSA) is 79.3 Å². The van der Waals surface area contributed by atoms with E-state index < -0.39 is 5.97 Å². The lowest BCUT2D eigenvalue weighted by Crippen LogP contribution is -2.38. The normalized spacial score (nSPS) is 11.7. The number of carbonyl (C=O) groups is 2. The number of nitrogens with one attached hydrogen (secondary N) is 1. The molecule has 1 aromatic heterocycles. The minimum absolute atomic E-state index is 0.0405. The first-order valence-corrected chi connectivity index (χ1v) is 9.31. The molecule has 1 heterocycles. The molecule has 132 valence electrons. The van der Waals surface area contributed by atoms with Crippen LogP contribution in [-0.2, 0) is 21.8 Å². The molecule has 1 unspecified atom stereocenters. The summed E-state index contributed by atoms with van der Waals surface area (Å²) in [6.07, 6.45) is 2.82. The standard InChI is InChI=1S/C19H22N2O3S/c22-18(14-25-13-17-8-4-5-11-20-17)21-16(9-10-19(23)24)12-15-6-2-1-3-7-15/h1-8,11,16H,9-10,12-14H2,(H,21,22)(H,23,24). The lowest BCUT2D eigenvalue weighted by Gasteiger charge is -2.18. The highest BCUT2D eigenvalue weighted by Crippen LogP contribution is 2.11. The SMILES string of the molecule is O=C(O)CCC(Cc1ccccc1)NC(=O)CSCc1ccccn1. The molecule has 0 saturated heterocycles. The summed E-state index contributed by atoms with van der Waals surface area (Å²) in [5.41, 5.74) is 2.02. The van der Waals surface area contributed by atoms with Crippen LogP contribution in [0.2, 0.25) is 0 Å². The van der Waals surface area contributed by atoms with Gasteiger partial charge in [0.2, 0.25) is 5.91 Å². The minimum Gasteiger partial charge on any atom is -0.481 e. The van der Waals surface area contributed by atoms with E-state index in [4.69, 9.17) is 5.11 Å². The van der Waals surface area contributed by atoms with Crippen LogP contribution in [-0.4, -0.2) is 33.8 Å². The van der Waals surface area contributed by atoms with Gasteiger partial charge in [-0.2, -0.15) is 0 Å². The molecule has 0 radical (unpaired) electrons. The van der Waals surface area contributed by atoms with Gasteiger partial charge < -0.3 is 10.4 Å². The molecule has 1 aromatic carbocycles. The van der Waals surface area contributed by atoms with Gasteiger partial charge in [0.15, 0.2) is 0 Å². The summed E-state index contributed by atoms with van der Waals surface area (Å²) in [6.45, 7) is 0. The van der Waals surface area contributed by atoms with Gasteiger partial charge in [-0.15, -0.1) is 11.8 Å². The van der Waals surface area contributed by atoms with Crippen molar-refractivity contribution in [1.82, 2.24) is 10.3 Å². The van der Waals surface area contributed by atoms with Crippen molar-refractivity contribution in [2.24, 2.45) is 0 Å². The number of thioether (sulfide) groups is 1. The molecule has 0 aliphatic rings. The van der Waals surface area contributed by atoms with Crippen LogP contribution >= 0.6 is 11.8 Å². The number of carboxylic acid groups (broad SMARTS) is 1. The molecule has 2 aromatic rings. The molecule has 2 N–H and O–H groups in total. The number of carbonyl (C=O) groups excluding carboxylic acids is 1. The molecule has 5 nitrogen and oxygen atoms in total. The Balaban J connectivity index is 1.82. The van der Waals surface area contributed by atoms with Gasteiger partial charge in [0.05, 0.1) is 11.4 Å². The zero-order valence-electron chi connectivity index (χ0n) is 13.9. The fourth-order valence-corrected chi connectivity index (χ4v) is 3.17. The smallest absolute Gasteiger partial charge is 0.303 e. The van der Waals surface area contributed by atoms with E-state index in [9.17, 15) is 9.59 Å². The Morgan fingerprint density at radius 1 is 1.12 bits per heavy atom. The largest absolute Gasteiger partial charge is 0.481 e. The summed E-state index contributed by atoms with van der Waals surface area (Å²) < 4.78 is 0. The van der Waals surface area contributed by atoms with Crippen molar-refractivity contribution in [1.29, 1.82) is 0 Å². The highest BCUT2D eigenvalue weighted by atomic mass is 32.2. The zero-order chi connectivity index (χ0) is 17.9. The number of aliphatic carboxylic acids is 1. The lowest BCUT2D eigenvalue weighted by molar-refractivity contribution is -0.137. The monoisotopic (exact) mass is 358 g/mol. The van der Waals surface area contributed by atoms with E-state index in [-0.39, 0.29) is 18.4 Å². The van der Waals surface area contributed by atoms with Crippen LogP contribution < -0.4 is 5.32 Å². The number of amides is 1. The summed E-state index contributed by atoms with van der Waals surface area (Å²) in [6, 6.07) is 15.3. The van der Waals surface area contributed by atoms with Gasteiger partial charge >= 0.3 is 5.97 Å². The van der Waals surface area contributed by atoms with Crippen molar-refractivity contribution in [2.75, 3.05) is 5.75 Å². The van der Waals surface area contributed by atoms with Crippen LogP contribution in [0.5, 0.6) is 0 Å². The fourth-order valence-electron chi connectivity index (χ4n) is 2.42. The molecular weight excluding hydrogens is 336 g/mol. The van der Waals surface area contributed by atoms with Crippen molar-refractivity contribution in [3.8, 4) is 0 Å².